The minimum absolute atomic E-state index is 0.0522. The van der Waals surface area contributed by atoms with Crippen molar-refractivity contribution in [1.29, 1.82) is 0 Å². The molecule has 2 aliphatic rings. The van der Waals surface area contributed by atoms with Crippen molar-refractivity contribution in [2.75, 3.05) is 19.8 Å². The largest absolute Gasteiger partial charge is 0.484 e. The summed E-state index contributed by atoms with van der Waals surface area (Å²) in [6, 6.07) is -1.03. The van der Waals surface area contributed by atoms with Crippen molar-refractivity contribution in [2.45, 2.75) is 62.6 Å². The molecule has 0 aliphatic carbocycles. The van der Waals surface area contributed by atoms with Crippen molar-refractivity contribution < 1.29 is 49.3 Å². The molecule has 0 spiro atoms. The van der Waals surface area contributed by atoms with Gasteiger partial charge in [0.15, 0.2) is 18.3 Å². The number of aldehydes is 1. The molecule has 1 saturated heterocycles. The average Bonchev–Trinajstić information content (AvgIpc) is 2.68. The molecule has 2 aliphatic heterocycles. The zero-order valence-electron chi connectivity index (χ0n) is 16.1. The number of amides is 1. The zero-order chi connectivity index (χ0) is 21.6. The number of carbonyl (C=O) groups is 2. The molecule has 6 N–H and O–H groups in total. The van der Waals surface area contributed by atoms with E-state index in [0.717, 1.165) is 6.08 Å². The summed E-state index contributed by atoms with van der Waals surface area (Å²) in [5.74, 6) is -1.09. The predicted molar refractivity (Wildman–Crippen MR) is 96.2 cm³/mol. The quantitative estimate of drug-likeness (QED) is 0.169. The number of ether oxygens (including phenoxy) is 3. The smallest absolute Gasteiger partial charge is 0.217 e. The summed E-state index contributed by atoms with van der Waals surface area (Å²) in [5, 5.41) is 51.9. The van der Waals surface area contributed by atoms with Gasteiger partial charge in [0.05, 0.1) is 25.4 Å². The molecule has 0 aromatic heterocycles. The average molecular weight is 419 g/mol. The van der Waals surface area contributed by atoms with Crippen LogP contribution < -0.4 is 5.32 Å². The van der Waals surface area contributed by atoms with Crippen LogP contribution in [0.3, 0.4) is 0 Å². The molecule has 2 rings (SSSR count). The van der Waals surface area contributed by atoms with Gasteiger partial charge in [0.25, 0.3) is 0 Å². The lowest BCUT2D eigenvalue weighted by atomic mass is 9.85. The molecule has 0 aromatic carbocycles. The first-order chi connectivity index (χ1) is 13.8. The topological polar surface area (TPSA) is 175 Å². The van der Waals surface area contributed by atoms with Gasteiger partial charge in [0.1, 0.15) is 24.4 Å². The summed E-state index contributed by atoms with van der Waals surface area (Å²) in [6.45, 7) is 1.13. The van der Waals surface area contributed by atoms with Gasteiger partial charge in [-0.25, -0.2) is 0 Å². The third-order valence-corrected chi connectivity index (χ3v) is 5.07. The van der Waals surface area contributed by atoms with E-state index in [1.807, 2.05) is 0 Å². The summed E-state index contributed by atoms with van der Waals surface area (Å²) in [7, 11) is 0. The van der Waals surface area contributed by atoms with Crippen molar-refractivity contribution >= 4 is 12.2 Å². The standard InChI is InChI=1S/C18H29NO10/c1-9(22)19-15-16(24)11(14(8-21)29-18(15)26)2-4-27-5-3-13-17(25)12(23)6-10(7-20)28-13/h6-7,11-18,21,23-26H,2-5,8H2,1H3,(H,19,22)/t11-,12?,13+,14?,15?,16?,17?,18-/m1/s1. The Labute approximate surface area is 167 Å². The third kappa shape index (κ3) is 6.19. The fourth-order valence-electron chi connectivity index (χ4n) is 3.53. The Kier molecular flexibility index (Phi) is 8.96. The predicted octanol–water partition coefficient (Wildman–Crippen LogP) is -2.82. The highest BCUT2D eigenvalue weighted by atomic mass is 16.6. The number of allylic oxidation sites excluding steroid dienone is 1. The molecule has 11 nitrogen and oxygen atoms in total. The molecular formula is C18H29NO10. The van der Waals surface area contributed by atoms with Crippen LogP contribution >= 0.6 is 0 Å². The van der Waals surface area contributed by atoms with Crippen molar-refractivity contribution in [3.63, 3.8) is 0 Å². The Morgan fingerprint density at radius 2 is 1.86 bits per heavy atom. The van der Waals surface area contributed by atoms with Crippen molar-refractivity contribution in [2.24, 2.45) is 5.92 Å². The number of hydrogen-bond acceptors (Lipinski definition) is 10. The molecule has 2 heterocycles. The number of rotatable bonds is 9. The normalized spacial score (nSPS) is 37.4. The Bertz CT molecular complexity index is 585. The van der Waals surface area contributed by atoms with E-state index in [1.54, 1.807) is 0 Å². The lowest BCUT2D eigenvalue weighted by Crippen LogP contribution is -2.61. The summed E-state index contributed by atoms with van der Waals surface area (Å²) < 4.78 is 16.1. The van der Waals surface area contributed by atoms with Crippen LogP contribution in [0.5, 0.6) is 0 Å². The fraction of sp³-hybridized carbons (Fsp3) is 0.778. The van der Waals surface area contributed by atoms with Crippen LogP contribution in [0.15, 0.2) is 11.8 Å². The Morgan fingerprint density at radius 3 is 2.48 bits per heavy atom. The molecule has 11 heteroatoms. The second kappa shape index (κ2) is 11.0. The Balaban J connectivity index is 1.81. The van der Waals surface area contributed by atoms with Gasteiger partial charge >= 0.3 is 0 Å². The molecule has 0 radical (unpaired) electrons. The van der Waals surface area contributed by atoms with Crippen LogP contribution in [0, 0.1) is 5.92 Å². The first kappa shape index (κ1) is 23.7. The third-order valence-electron chi connectivity index (χ3n) is 5.07. The Hall–Kier alpha value is -1.60. The molecule has 0 aromatic rings. The van der Waals surface area contributed by atoms with Gasteiger partial charge < -0.3 is 45.1 Å². The number of aliphatic hydroxyl groups excluding tert-OH is 5. The van der Waals surface area contributed by atoms with E-state index in [4.69, 9.17) is 14.2 Å². The van der Waals surface area contributed by atoms with Crippen molar-refractivity contribution in [3.8, 4) is 0 Å². The number of aliphatic hydroxyl groups is 5. The number of carbonyl (C=O) groups excluding carboxylic acids is 2. The van der Waals surface area contributed by atoms with Crippen LogP contribution in [-0.4, -0.2) is 100 Å². The first-order valence-electron chi connectivity index (χ1n) is 9.45. The van der Waals surface area contributed by atoms with Gasteiger partial charge in [-0.1, -0.05) is 0 Å². The second-order valence-electron chi connectivity index (χ2n) is 7.14. The maximum absolute atomic E-state index is 11.3. The monoisotopic (exact) mass is 419 g/mol. The Morgan fingerprint density at radius 1 is 1.17 bits per heavy atom. The minimum Gasteiger partial charge on any atom is -0.484 e. The maximum Gasteiger partial charge on any atom is 0.217 e. The maximum atomic E-state index is 11.3. The van der Waals surface area contributed by atoms with E-state index >= 15 is 0 Å². The van der Waals surface area contributed by atoms with E-state index in [0.29, 0.717) is 6.29 Å². The van der Waals surface area contributed by atoms with E-state index in [9.17, 15) is 35.1 Å². The number of nitrogens with one attached hydrogen (secondary N) is 1. The van der Waals surface area contributed by atoms with Crippen LogP contribution in [0.1, 0.15) is 19.8 Å². The van der Waals surface area contributed by atoms with Gasteiger partial charge in [-0.15, -0.1) is 0 Å². The number of hydrogen-bond donors (Lipinski definition) is 6. The van der Waals surface area contributed by atoms with E-state index in [1.165, 1.54) is 6.92 Å². The van der Waals surface area contributed by atoms with Gasteiger partial charge in [-0.3, -0.25) is 9.59 Å². The lowest BCUT2D eigenvalue weighted by Gasteiger charge is -2.42. The summed E-state index contributed by atoms with van der Waals surface area (Å²) in [5.41, 5.74) is 0. The minimum atomic E-state index is -1.44. The second-order valence-corrected chi connectivity index (χ2v) is 7.14. The fourth-order valence-corrected chi connectivity index (χ4v) is 3.53. The van der Waals surface area contributed by atoms with Crippen LogP contribution in [0.25, 0.3) is 0 Å². The molecule has 8 atom stereocenters. The highest BCUT2D eigenvalue weighted by Gasteiger charge is 2.44. The molecule has 29 heavy (non-hydrogen) atoms. The van der Waals surface area contributed by atoms with E-state index < -0.39 is 61.3 Å². The molecule has 0 bridgehead atoms. The molecular weight excluding hydrogens is 390 g/mol. The molecule has 1 fully saturated rings. The van der Waals surface area contributed by atoms with Crippen molar-refractivity contribution in [1.82, 2.24) is 5.32 Å². The first-order valence-corrected chi connectivity index (χ1v) is 9.45. The van der Waals surface area contributed by atoms with Crippen LogP contribution in [0.2, 0.25) is 0 Å². The molecule has 0 saturated carbocycles. The van der Waals surface area contributed by atoms with E-state index in [2.05, 4.69) is 5.32 Å². The zero-order valence-corrected chi connectivity index (χ0v) is 16.1. The highest BCUT2D eigenvalue weighted by molar-refractivity contribution is 5.73. The van der Waals surface area contributed by atoms with Gasteiger partial charge in [0, 0.05) is 25.9 Å². The molecule has 5 unspecified atom stereocenters. The summed E-state index contributed by atoms with van der Waals surface area (Å²) >= 11 is 0. The van der Waals surface area contributed by atoms with E-state index in [-0.39, 0.29) is 31.8 Å². The van der Waals surface area contributed by atoms with Crippen LogP contribution in [-0.2, 0) is 23.8 Å². The summed E-state index contributed by atoms with van der Waals surface area (Å²) in [6.07, 6.45) is -4.55. The molecule has 166 valence electrons. The van der Waals surface area contributed by atoms with Gasteiger partial charge in [-0.05, 0) is 12.5 Å². The van der Waals surface area contributed by atoms with Gasteiger partial charge in [0.2, 0.25) is 5.91 Å². The molecule has 1 amide bonds. The summed E-state index contributed by atoms with van der Waals surface area (Å²) in [4.78, 5) is 22.1. The SMILES string of the molecule is CC(=O)NC1C(O)[C@H](CCOCC[C@@H]2OC(C=O)=CC(O)C2O)C(CO)O[C@H]1O. The lowest BCUT2D eigenvalue weighted by molar-refractivity contribution is -0.240. The van der Waals surface area contributed by atoms with Crippen LogP contribution in [0.4, 0.5) is 0 Å². The van der Waals surface area contributed by atoms with Crippen molar-refractivity contribution in [3.05, 3.63) is 11.8 Å². The van der Waals surface area contributed by atoms with Gasteiger partial charge in [-0.2, -0.15) is 0 Å². The highest BCUT2D eigenvalue weighted by Crippen LogP contribution is 2.28.